The number of halogens is 1. The van der Waals surface area contributed by atoms with E-state index in [4.69, 9.17) is 16.3 Å². The number of carbonyl (C=O) groups is 1. The number of para-hydroxylation sites is 2. The van der Waals surface area contributed by atoms with E-state index in [2.05, 4.69) is 5.10 Å². The molecule has 3 aromatic carbocycles. The van der Waals surface area contributed by atoms with Crippen LogP contribution in [0.4, 0.5) is 0 Å². The second-order valence-corrected chi connectivity index (χ2v) is 6.62. The molecule has 4 nitrogen and oxygen atoms in total. The Labute approximate surface area is 168 Å². The molecule has 0 aliphatic carbocycles. The fourth-order valence-corrected chi connectivity index (χ4v) is 3.07. The lowest BCUT2D eigenvalue weighted by molar-refractivity contribution is 0.0922. The quantitative estimate of drug-likeness (QED) is 0.412. The SMILES string of the molecule is O=C(COc1ccccc1-c1ccnn1-c1ccccc1)c1ccc(Cl)cc1. The van der Waals surface area contributed by atoms with Gasteiger partial charge in [-0.15, -0.1) is 0 Å². The molecule has 4 aromatic rings. The van der Waals surface area contributed by atoms with E-state index in [0.29, 0.717) is 16.3 Å². The average Bonchev–Trinajstić information content (AvgIpc) is 3.23. The molecule has 138 valence electrons. The molecule has 0 amide bonds. The Kier molecular flexibility index (Phi) is 5.22. The molecule has 0 saturated heterocycles. The molecule has 0 unspecified atom stereocenters. The summed E-state index contributed by atoms with van der Waals surface area (Å²) in [7, 11) is 0. The second kappa shape index (κ2) is 8.11. The van der Waals surface area contributed by atoms with Crippen LogP contribution in [0.1, 0.15) is 10.4 Å². The van der Waals surface area contributed by atoms with Crippen molar-refractivity contribution in [2.75, 3.05) is 6.61 Å². The lowest BCUT2D eigenvalue weighted by Gasteiger charge is -2.13. The van der Waals surface area contributed by atoms with E-state index < -0.39 is 0 Å². The molecule has 0 saturated carbocycles. The Balaban J connectivity index is 1.59. The van der Waals surface area contributed by atoms with Gasteiger partial charge in [-0.3, -0.25) is 4.79 Å². The van der Waals surface area contributed by atoms with Crippen LogP contribution in [0, 0.1) is 0 Å². The maximum atomic E-state index is 12.4. The van der Waals surface area contributed by atoms with Gasteiger partial charge in [0.15, 0.2) is 12.4 Å². The van der Waals surface area contributed by atoms with Gasteiger partial charge in [0.05, 0.1) is 17.6 Å². The van der Waals surface area contributed by atoms with E-state index in [1.54, 1.807) is 30.5 Å². The fraction of sp³-hybridized carbons (Fsp3) is 0.0435. The van der Waals surface area contributed by atoms with E-state index in [0.717, 1.165) is 16.9 Å². The van der Waals surface area contributed by atoms with Gasteiger partial charge in [-0.2, -0.15) is 5.10 Å². The van der Waals surface area contributed by atoms with Crippen LogP contribution in [0.5, 0.6) is 5.75 Å². The van der Waals surface area contributed by atoms with E-state index in [9.17, 15) is 4.79 Å². The van der Waals surface area contributed by atoms with Crippen molar-refractivity contribution < 1.29 is 9.53 Å². The Morgan fingerprint density at radius 3 is 2.39 bits per heavy atom. The third kappa shape index (κ3) is 3.82. The molecule has 0 fully saturated rings. The van der Waals surface area contributed by atoms with E-state index in [1.165, 1.54) is 0 Å². The van der Waals surface area contributed by atoms with Crippen molar-refractivity contribution in [1.82, 2.24) is 9.78 Å². The van der Waals surface area contributed by atoms with Crippen molar-refractivity contribution in [3.8, 4) is 22.7 Å². The van der Waals surface area contributed by atoms with Crippen LogP contribution in [0.15, 0.2) is 91.1 Å². The van der Waals surface area contributed by atoms with E-state index >= 15 is 0 Å². The van der Waals surface area contributed by atoms with Crippen molar-refractivity contribution in [3.63, 3.8) is 0 Å². The number of hydrogen-bond donors (Lipinski definition) is 0. The van der Waals surface area contributed by atoms with Crippen LogP contribution < -0.4 is 4.74 Å². The minimum absolute atomic E-state index is 0.0574. The number of Topliss-reactive ketones (excluding diaryl/α,β-unsaturated/α-hetero) is 1. The van der Waals surface area contributed by atoms with Crippen molar-refractivity contribution in [1.29, 1.82) is 0 Å². The second-order valence-electron chi connectivity index (χ2n) is 6.18. The van der Waals surface area contributed by atoms with Gasteiger partial charge in [-0.25, -0.2) is 4.68 Å². The minimum atomic E-state index is -0.108. The summed E-state index contributed by atoms with van der Waals surface area (Å²) in [5.41, 5.74) is 3.28. The van der Waals surface area contributed by atoms with Crippen LogP contribution in [0.25, 0.3) is 16.9 Å². The van der Waals surface area contributed by atoms with Crippen molar-refractivity contribution in [2.24, 2.45) is 0 Å². The monoisotopic (exact) mass is 388 g/mol. The molecule has 0 N–H and O–H groups in total. The highest BCUT2D eigenvalue weighted by atomic mass is 35.5. The highest BCUT2D eigenvalue weighted by Gasteiger charge is 2.14. The van der Waals surface area contributed by atoms with Crippen molar-refractivity contribution in [3.05, 3.63) is 102 Å². The predicted octanol–water partition coefficient (Wildman–Crippen LogP) is 5.45. The van der Waals surface area contributed by atoms with E-state index in [1.807, 2.05) is 65.3 Å². The highest BCUT2D eigenvalue weighted by molar-refractivity contribution is 6.30. The van der Waals surface area contributed by atoms with Gasteiger partial charge in [0.2, 0.25) is 0 Å². The first-order valence-corrected chi connectivity index (χ1v) is 9.20. The number of ether oxygens (including phenoxy) is 1. The summed E-state index contributed by atoms with van der Waals surface area (Å²) in [4.78, 5) is 12.4. The molecule has 0 bridgehead atoms. The summed E-state index contributed by atoms with van der Waals surface area (Å²) in [6, 6.07) is 26.2. The molecule has 5 heteroatoms. The zero-order chi connectivity index (χ0) is 19.3. The first kappa shape index (κ1) is 18.0. The molecule has 1 aromatic heterocycles. The summed E-state index contributed by atoms with van der Waals surface area (Å²) >= 11 is 5.88. The van der Waals surface area contributed by atoms with Gasteiger partial charge in [0, 0.05) is 16.1 Å². The molecule has 0 aliphatic rings. The average molecular weight is 389 g/mol. The smallest absolute Gasteiger partial charge is 0.200 e. The van der Waals surface area contributed by atoms with Crippen LogP contribution in [0.2, 0.25) is 5.02 Å². The Morgan fingerprint density at radius 1 is 0.893 bits per heavy atom. The maximum Gasteiger partial charge on any atom is 0.200 e. The normalized spacial score (nSPS) is 10.6. The summed E-state index contributed by atoms with van der Waals surface area (Å²) in [6.45, 7) is -0.0574. The van der Waals surface area contributed by atoms with Gasteiger partial charge >= 0.3 is 0 Å². The van der Waals surface area contributed by atoms with Crippen LogP contribution in [0.3, 0.4) is 0 Å². The Morgan fingerprint density at radius 2 is 1.61 bits per heavy atom. The standard InChI is InChI=1S/C23H17ClN2O2/c24-18-12-10-17(11-13-18)22(27)16-28-23-9-5-4-8-20(23)21-14-15-25-26(21)19-6-2-1-3-7-19/h1-15H,16H2. The number of rotatable bonds is 6. The number of carbonyl (C=O) groups excluding carboxylic acids is 1. The third-order valence-electron chi connectivity index (χ3n) is 4.33. The topological polar surface area (TPSA) is 44.1 Å². The number of ketones is 1. The molecular formula is C23H17ClN2O2. The summed E-state index contributed by atoms with van der Waals surface area (Å²) in [6.07, 6.45) is 1.75. The molecule has 0 aliphatic heterocycles. The molecule has 1 heterocycles. The van der Waals surface area contributed by atoms with Crippen LogP contribution >= 0.6 is 11.6 Å². The zero-order valence-corrected chi connectivity index (χ0v) is 15.7. The van der Waals surface area contributed by atoms with Gasteiger partial charge < -0.3 is 4.74 Å². The van der Waals surface area contributed by atoms with Gasteiger partial charge in [-0.1, -0.05) is 41.9 Å². The fourth-order valence-electron chi connectivity index (χ4n) is 2.95. The summed E-state index contributed by atoms with van der Waals surface area (Å²) in [5.74, 6) is 0.519. The first-order valence-electron chi connectivity index (χ1n) is 8.83. The van der Waals surface area contributed by atoms with Crippen molar-refractivity contribution >= 4 is 17.4 Å². The van der Waals surface area contributed by atoms with Crippen LogP contribution in [-0.4, -0.2) is 22.2 Å². The zero-order valence-electron chi connectivity index (χ0n) is 15.0. The lowest BCUT2D eigenvalue weighted by Crippen LogP contribution is -2.12. The Bertz CT molecular complexity index is 1090. The Hall–Kier alpha value is -3.37. The lowest BCUT2D eigenvalue weighted by atomic mass is 10.1. The number of benzene rings is 3. The molecule has 4 rings (SSSR count). The number of aromatic nitrogens is 2. The largest absolute Gasteiger partial charge is 0.485 e. The molecule has 0 spiro atoms. The highest BCUT2D eigenvalue weighted by Crippen LogP contribution is 2.31. The van der Waals surface area contributed by atoms with Gasteiger partial charge in [0.25, 0.3) is 0 Å². The summed E-state index contributed by atoms with van der Waals surface area (Å²) in [5, 5.41) is 5.03. The third-order valence-corrected chi connectivity index (χ3v) is 4.58. The molecule has 28 heavy (non-hydrogen) atoms. The molecule has 0 atom stereocenters. The number of hydrogen-bond acceptors (Lipinski definition) is 3. The van der Waals surface area contributed by atoms with E-state index in [-0.39, 0.29) is 12.4 Å². The summed E-state index contributed by atoms with van der Waals surface area (Å²) < 4.78 is 7.73. The molecule has 0 radical (unpaired) electrons. The van der Waals surface area contributed by atoms with Crippen molar-refractivity contribution in [2.45, 2.75) is 0 Å². The van der Waals surface area contributed by atoms with Crippen LogP contribution in [-0.2, 0) is 0 Å². The predicted molar refractivity (Wildman–Crippen MR) is 110 cm³/mol. The first-order chi connectivity index (χ1) is 13.7. The van der Waals surface area contributed by atoms with Gasteiger partial charge in [0.1, 0.15) is 5.75 Å². The maximum absolute atomic E-state index is 12.4. The minimum Gasteiger partial charge on any atom is -0.485 e. The number of nitrogens with zero attached hydrogens (tertiary/aromatic N) is 2. The molecular weight excluding hydrogens is 372 g/mol. The van der Waals surface area contributed by atoms with Gasteiger partial charge in [-0.05, 0) is 54.6 Å².